The van der Waals surface area contributed by atoms with Crippen LogP contribution in [0.25, 0.3) is 0 Å². The molecule has 1 rings (SSSR count). The van der Waals surface area contributed by atoms with Gasteiger partial charge in [-0.3, -0.25) is 0 Å². The highest BCUT2D eigenvalue weighted by molar-refractivity contribution is 9.10. The molecule has 0 saturated carbocycles. The minimum Gasteiger partial charge on any atom is -0.463 e. The number of rotatable bonds is 5. The van der Waals surface area contributed by atoms with Crippen molar-refractivity contribution in [2.24, 2.45) is 0 Å². The molecule has 72 valence electrons. The monoisotopic (exact) mass is 244 g/mol. The first kappa shape index (κ1) is 10.4. The lowest BCUT2D eigenvalue weighted by molar-refractivity contribution is 0.282. The first-order valence-electron chi connectivity index (χ1n) is 4.43. The fraction of sp³-hybridized carbons (Fsp3) is 0.556. The number of ether oxygens (including phenoxy) is 1. The number of nitrogens with zero attached hydrogens (tertiary/aromatic N) is 2. The fourth-order valence-corrected chi connectivity index (χ4v) is 1.10. The Morgan fingerprint density at radius 2 is 2.00 bits per heavy atom. The largest absolute Gasteiger partial charge is 0.463 e. The van der Waals surface area contributed by atoms with E-state index < -0.39 is 0 Å². The van der Waals surface area contributed by atoms with Crippen molar-refractivity contribution in [1.29, 1.82) is 0 Å². The highest BCUT2D eigenvalue weighted by atomic mass is 79.9. The summed E-state index contributed by atoms with van der Waals surface area (Å²) in [7, 11) is 0. The SMILES string of the molecule is CCCCCOc1ncc(Br)cn1. The molecule has 13 heavy (non-hydrogen) atoms. The Kier molecular flexibility index (Phi) is 4.75. The molecule has 0 aliphatic rings. The van der Waals surface area contributed by atoms with Crippen molar-refractivity contribution in [3.63, 3.8) is 0 Å². The average molecular weight is 245 g/mol. The van der Waals surface area contributed by atoms with Gasteiger partial charge in [0.05, 0.1) is 11.1 Å². The number of unbranched alkanes of at least 4 members (excludes halogenated alkanes) is 2. The quantitative estimate of drug-likeness (QED) is 0.748. The molecule has 0 aliphatic heterocycles. The van der Waals surface area contributed by atoms with Gasteiger partial charge in [-0.25, -0.2) is 9.97 Å². The molecule has 0 spiro atoms. The third-order valence-corrected chi connectivity index (χ3v) is 1.99. The second kappa shape index (κ2) is 5.91. The van der Waals surface area contributed by atoms with Crippen molar-refractivity contribution >= 4 is 15.9 Å². The predicted octanol–water partition coefficient (Wildman–Crippen LogP) is 2.81. The Labute approximate surface area is 86.7 Å². The van der Waals surface area contributed by atoms with E-state index in [4.69, 9.17) is 4.74 Å². The molecule has 1 aromatic heterocycles. The van der Waals surface area contributed by atoms with E-state index in [1.165, 1.54) is 12.8 Å². The number of halogens is 1. The smallest absolute Gasteiger partial charge is 0.316 e. The second-order valence-electron chi connectivity index (χ2n) is 2.74. The van der Waals surface area contributed by atoms with E-state index in [1.807, 2.05) is 0 Å². The molecule has 0 atom stereocenters. The zero-order chi connectivity index (χ0) is 9.52. The predicted molar refractivity (Wildman–Crippen MR) is 54.8 cm³/mol. The molecule has 1 heterocycles. The van der Waals surface area contributed by atoms with Gasteiger partial charge in [-0.05, 0) is 22.4 Å². The summed E-state index contributed by atoms with van der Waals surface area (Å²) in [5, 5.41) is 0. The molecule has 3 nitrogen and oxygen atoms in total. The molecular formula is C9H13BrN2O. The van der Waals surface area contributed by atoms with Crippen LogP contribution in [0.1, 0.15) is 26.2 Å². The van der Waals surface area contributed by atoms with Crippen molar-refractivity contribution in [3.8, 4) is 6.01 Å². The van der Waals surface area contributed by atoms with Gasteiger partial charge in [0.15, 0.2) is 0 Å². The molecule has 0 saturated heterocycles. The summed E-state index contributed by atoms with van der Waals surface area (Å²) in [5.74, 6) is 0. The molecule has 0 aliphatic carbocycles. The van der Waals surface area contributed by atoms with Crippen LogP contribution in [0.2, 0.25) is 0 Å². The van der Waals surface area contributed by atoms with E-state index in [0.717, 1.165) is 10.9 Å². The van der Waals surface area contributed by atoms with Crippen LogP contribution in [0.15, 0.2) is 16.9 Å². The highest BCUT2D eigenvalue weighted by Gasteiger charge is 1.95. The summed E-state index contributed by atoms with van der Waals surface area (Å²) in [6, 6.07) is 0.458. The third-order valence-electron chi connectivity index (χ3n) is 1.58. The molecular weight excluding hydrogens is 232 g/mol. The van der Waals surface area contributed by atoms with Gasteiger partial charge >= 0.3 is 6.01 Å². The van der Waals surface area contributed by atoms with Crippen molar-refractivity contribution < 1.29 is 4.74 Å². The van der Waals surface area contributed by atoms with Gasteiger partial charge in [-0.2, -0.15) is 0 Å². The summed E-state index contributed by atoms with van der Waals surface area (Å²) in [5.41, 5.74) is 0. The lowest BCUT2D eigenvalue weighted by Crippen LogP contribution is -2.00. The number of hydrogen-bond donors (Lipinski definition) is 0. The molecule has 0 N–H and O–H groups in total. The van der Waals surface area contributed by atoms with Gasteiger partial charge in [0, 0.05) is 12.4 Å². The van der Waals surface area contributed by atoms with Gasteiger partial charge in [-0.15, -0.1) is 0 Å². The fourth-order valence-electron chi connectivity index (χ4n) is 0.890. The van der Waals surface area contributed by atoms with Crippen molar-refractivity contribution in [3.05, 3.63) is 16.9 Å². The van der Waals surface area contributed by atoms with E-state index in [0.29, 0.717) is 12.6 Å². The molecule has 0 fully saturated rings. The molecule has 0 bridgehead atoms. The van der Waals surface area contributed by atoms with Crippen LogP contribution in [-0.2, 0) is 0 Å². The van der Waals surface area contributed by atoms with Crippen LogP contribution < -0.4 is 4.74 Å². The Balaban J connectivity index is 2.25. The summed E-state index contributed by atoms with van der Waals surface area (Å²) >= 11 is 3.26. The summed E-state index contributed by atoms with van der Waals surface area (Å²) in [6.45, 7) is 2.87. The zero-order valence-corrected chi connectivity index (χ0v) is 9.25. The van der Waals surface area contributed by atoms with Crippen LogP contribution in [-0.4, -0.2) is 16.6 Å². The number of aromatic nitrogens is 2. The summed E-state index contributed by atoms with van der Waals surface area (Å²) < 4.78 is 6.19. The Morgan fingerprint density at radius 1 is 1.31 bits per heavy atom. The van der Waals surface area contributed by atoms with E-state index >= 15 is 0 Å². The van der Waals surface area contributed by atoms with Gasteiger partial charge < -0.3 is 4.74 Å². The minimum atomic E-state index is 0.458. The average Bonchev–Trinajstić information content (AvgIpc) is 2.15. The van der Waals surface area contributed by atoms with Gasteiger partial charge in [0.2, 0.25) is 0 Å². The minimum absolute atomic E-state index is 0.458. The lowest BCUT2D eigenvalue weighted by Gasteiger charge is -2.02. The third kappa shape index (κ3) is 4.22. The van der Waals surface area contributed by atoms with Crippen molar-refractivity contribution in [2.45, 2.75) is 26.2 Å². The van der Waals surface area contributed by atoms with Crippen LogP contribution in [0.4, 0.5) is 0 Å². The van der Waals surface area contributed by atoms with E-state index in [9.17, 15) is 0 Å². The Hall–Kier alpha value is -0.640. The molecule has 0 radical (unpaired) electrons. The van der Waals surface area contributed by atoms with Crippen LogP contribution in [0.5, 0.6) is 6.01 Å². The first-order chi connectivity index (χ1) is 6.33. The molecule has 4 heteroatoms. The van der Waals surface area contributed by atoms with Gasteiger partial charge in [0.1, 0.15) is 0 Å². The van der Waals surface area contributed by atoms with E-state index in [1.54, 1.807) is 12.4 Å². The van der Waals surface area contributed by atoms with Crippen LogP contribution >= 0.6 is 15.9 Å². The standard InChI is InChI=1S/C9H13BrN2O/c1-2-3-4-5-13-9-11-6-8(10)7-12-9/h6-7H,2-5H2,1H3. The van der Waals surface area contributed by atoms with Crippen molar-refractivity contribution in [1.82, 2.24) is 9.97 Å². The van der Waals surface area contributed by atoms with Crippen LogP contribution in [0.3, 0.4) is 0 Å². The summed E-state index contributed by atoms with van der Waals surface area (Å²) in [4.78, 5) is 7.99. The number of hydrogen-bond acceptors (Lipinski definition) is 3. The highest BCUT2D eigenvalue weighted by Crippen LogP contribution is 2.08. The molecule has 1 aromatic rings. The topological polar surface area (TPSA) is 35.0 Å². The van der Waals surface area contributed by atoms with E-state index in [2.05, 4.69) is 32.8 Å². The maximum atomic E-state index is 5.32. The van der Waals surface area contributed by atoms with Crippen molar-refractivity contribution in [2.75, 3.05) is 6.61 Å². The normalized spacial score (nSPS) is 10.0. The first-order valence-corrected chi connectivity index (χ1v) is 5.22. The lowest BCUT2D eigenvalue weighted by atomic mass is 10.3. The Morgan fingerprint density at radius 3 is 2.62 bits per heavy atom. The van der Waals surface area contributed by atoms with Gasteiger partial charge in [0.25, 0.3) is 0 Å². The van der Waals surface area contributed by atoms with Crippen LogP contribution in [0, 0.1) is 0 Å². The molecule has 0 amide bonds. The summed E-state index contributed by atoms with van der Waals surface area (Å²) in [6.07, 6.45) is 6.82. The van der Waals surface area contributed by atoms with E-state index in [-0.39, 0.29) is 0 Å². The second-order valence-corrected chi connectivity index (χ2v) is 3.66. The zero-order valence-electron chi connectivity index (χ0n) is 7.66. The maximum absolute atomic E-state index is 5.32. The van der Waals surface area contributed by atoms with Gasteiger partial charge in [-0.1, -0.05) is 19.8 Å². The Bertz CT molecular complexity index is 238. The maximum Gasteiger partial charge on any atom is 0.316 e. The molecule has 0 unspecified atom stereocenters. The molecule has 0 aromatic carbocycles.